The van der Waals surface area contributed by atoms with Gasteiger partial charge in [0.15, 0.2) is 5.78 Å². The van der Waals surface area contributed by atoms with E-state index in [0.717, 1.165) is 15.4 Å². The van der Waals surface area contributed by atoms with Crippen LogP contribution in [0, 0.1) is 0 Å². The number of hydrogen-bond donors (Lipinski definition) is 1. The third-order valence-electron chi connectivity index (χ3n) is 2.66. The zero-order valence-corrected chi connectivity index (χ0v) is 11.5. The molecule has 0 aliphatic rings. The molecular weight excluding hydrogens is 320 g/mol. The maximum absolute atomic E-state index is 12.0. The molecule has 0 amide bonds. The van der Waals surface area contributed by atoms with Crippen LogP contribution < -0.4 is 0 Å². The van der Waals surface area contributed by atoms with E-state index in [2.05, 4.69) is 20.9 Å². The third kappa shape index (κ3) is 3.61. The third-order valence-corrected chi connectivity index (χ3v) is 3.15. The first-order valence-corrected chi connectivity index (χ1v) is 6.53. The quantitative estimate of drug-likeness (QED) is 0.646. The number of hydrogen-bond acceptors (Lipinski definition) is 2. The van der Waals surface area contributed by atoms with E-state index >= 15 is 0 Å². The molecular formula is C13H12BrF2NO2. The lowest BCUT2D eigenvalue weighted by molar-refractivity contribution is 0.0170. The number of carbonyl (C=O) groups is 1. The maximum atomic E-state index is 12.0. The number of ketones is 1. The molecule has 1 aromatic heterocycles. The highest BCUT2D eigenvalue weighted by atomic mass is 79.9. The topological polar surface area (TPSA) is 42.1 Å². The van der Waals surface area contributed by atoms with Crippen LogP contribution in [0.4, 0.5) is 8.78 Å². The van der Waals surface area contributed by atoms with Crippen LogP contribution in [-0.4, -0.2) is 30.4 Å². The highest BCUT2D eigenvalue weighted by molar-refractivity contribution is 9.10. The summed E-state index contributed by atoms with van der Waals surface area (Å²) in [5.74, 6) is -0.126. The Balaban J connectivity index is 2.03. The number of nitrogens with one attached hydrogen (secondary N) is 1. The summed E-state index contributed by atoms with van der Waals surface area (Å²) >= 11 is 3.35. The normalized spacial score (nSPS) is 11.4. The van der Waals surface area contributed by atoms with Crippen LogP contribution in [-0.2, 0) is 4.74 Å². The first kappa shape index (κ1) is 14.1. The molecule has 0 atom stereocenters. The summed E-state index contributed by atoms with van der Waals surface area (Å²) in [6.45, 7) is -0.628. The van der Waals surface area contributed by atoms with Crippen molar-refractivity contribution in [1.82, 2.24) is 4.98 Å². The number of carbonyl (C=O) groups excluding carboxylic acids is 1. The summed E-state index contributed by atoms with van der Waals surface area (Å²) in [7, 11) is 0. The zero-order valence-electron chi connectivity index (χ0n) is 9.96. The maximum Gasteiger partial charge on any atom is 0.261 e. The van der Waals surface area contributed by atoms with Crippen LogP contribution in [0.25, 0.3) is 10.9 Å². The molecule has 1 aromatic carbocycles. The van der Waals surface area contributed by atoms with E-state index in [1.54, 1.807) is 6.20 Å². The Labute approximate surface area is 117 Å². The smallest absolute Gasteiger partial charge is 0.261 e. The van der Waals surface area contributed by atoms with E-state index in [0.29, 0.717) is 5.56 Å². The Morgan fingerprint density at radius 2 is 2.21 bits per heavy atom. The van der Waals surface area contributed by atoms with Gasteiger partial charge in [-0.1, -0.05) is 15.9 Å². The standard InChI is InChI=1S/C13H12BrF2NO2/c14-8-1-2-11-9(5-8)10(6-17-11)12(18)3-4-19-7-13(15)16/h1-2,5-6,13,17H,3-4,7H2. The summed E-state index contributed by atoms with van der Waals surface area (Å²) < 4.78 is 29.3. The number of rotatable bonds is 6. The fourth-order valence-electron chi connectivity index (χ4n) is 1.80. The summed E-state index contributed by atoms with van der Waals surface area (Å²) in [5, 5.41) is 0.813. The number of aromatic amines is 1. The number of H-pyrrole nitrogens is 1. The summed E-state index contributed by atoms with van der Waals surface area (Å²) in [6, 6.07) is 5.58. The number of aromatic nitrogens is 1. The molecule has 0 fully saturated rings. The molecule has 1 N–H and O–H groups in total. The van der Waals surface area contributed by atoms with Gasteiger partial charge in [-0.05, 0) is 18.2 Å². The molecule has 3 nitrogen and oxygen atoms in total. The highest BCUT2D eigenvalue weighted by Crippen LogP contribution is 2.23. The van der Waals surface area contributed by atoms with Crippen molar-refractivity contribution in [2.75, 3.05) is 13.2 Å². The predicted molar refractivity (Wildman–Crippen MR) is 71.8 cm³/mol. The number of benzene rings is 1. The Morgan fingerprint density at radius 1 is 1.42 bits per heavy atom. The van der Waals surface area contributed by atoms with Crippen molar-refractivity contribution in [1.29, 1.82) is 0 Å². The van der Waals surface area contributed by atoms with Gasteiger partial charge in [-0.25, -0.2) is 8.78 Å². The molecule has 0 saturated heterocycles. The fraction of sp³-hybridized carbons (Fsp3) is 0.308. The van der Waals surface area contributed by atoms with Gasteiger partial charge in [-0.2, -0.15) is 0 Å². The second kappa shape index (κ2) is 6.25. The second-order valence-electron chi connectivity index (χ2n) is 4.03. The monoisotopic (exact) mass is 331 g/mol. The first-order valence-electron chi connectivity index (χ1n) is 5.73. The van der Waals surface area contributed by atoms with Crippen molar-refractivity contribution >= 4 is 32.6 Å². The lowest BCUT2D eigenvalue weighted by atomic mass is 10.1. The van der Waals surface area contributed by atoms with Crippen LogP contribution in [0.5, 0.6) is 0 Å². The zero-order chi connectivity index (χ0) is 13.8. The summed E-state index contributed by atoms with van der Waals surface area (Å²) in [4.78, 5) is 15.0. The number of halogens is 3. The fourth-order valence-corrected chi connectivity index (χ4v) is 2.16. The first-order chi connectivity index (χ1) is 9.08. The minimum absolute atomic E-state index is 0.00382. The Hall–Kier alpha value is -1.27. The van der Waals surface area contributed by atoms with E-state index in [4.69, 9.17) is 4.74 Å². The molecule has 0 bridgehead atoms. The van der Waals surface area contributed by atoms with Gasteiger partial charge in [-0.15, -0.1) is 0 Å². The van der Waals surface area contributed by atoms with Gasteiger partial charge < -0.3 is 9.72 Å². The summed E-state index contributed by atoms with van der Waals surface area (Å²) in [6.07, 6.45) is -0.780. The Bertz CT molecular complexity index is 583. The van der Waals surface area contributed by atoms with Crippen molar-refractivity contribution in [3.05, 3.63) is 34.4 Å². The van der Waals surface area contributed by atoms with E-state index in [1.807, 2.05) is 18.2 Å². The minimum atomic E-state index is -2.50. The van der Waals surface area contributed by atoms with Gasteiger partial charge in [0.05, 0.1) is 6.61 Å². The Morgan fingerprint density at radius 3 is 2.95 bits per heavy atom. The van der Waals surface area contributed by atoms with Gasteiger partial charge in [0.1, 0.15) is 6.61 Å². The minimum Gasteiger partial charge on any atom is -0.375 e. The second-order valence-corrected chi connectivity index (χ2v) is 4.95. The van der Waals surface area contributed by atoms with Gasteiger partial charge in [0, 0.05) is 33.6 Å². The Kier molecular flexibility index (Phi) is 4.66. The van der Waals surface area contributed by atoms with Crippen molar-refractivity contribution < 1.29 is 18.3 Å². The van der Waals surface area contributed by atoms with Crippen molar-refractivity contribution in [2.45, 2.75) is 12.8 Å². The largest absolute Gasteiger partial charge is 0.375 e. The molecule has 19 heavy (non-hydrogen) atoms. The van der Waals surface area contributed by atoms with Crippen LogP contribution >= 0.6 is 15.9 Å². The van der Waals surface area contributed by atoms with Crippen LogP contribution in [0.3, 0.4) is 0 Å². The SMILES string of the molecule is O=C(CCOCC(F)F)c1c[nH]c2ccc(Br)cc12. The van der Waals surface area contributed by atoms with Gasteiger partial charge in [0.25, 0.3) is 6.43 Å². The molecule has 1 heterocycles. The number of alkyl halides is 2. The molecule has 6 heteroatoms. The van der Waals surface area contributed by atoms with Crippen LogP contribution in [0.15, 0.2) is 28.9 Å². The number of ether oxygens (including phenoxy) is 1. The van der Waals surface area contributed by atoms with Crippen LogP contribution in [0.1, 0.15) is 16.8 Å². The van der Waals surface area contributed by atoms with E-state index in [-0.39, 0.29) is 18.8 Å². The average molecular weight is 332 g/mol. The molecule has 0 spiro atoms. The molecule has 2 aromatic rings. The van der Waals surface area contributed by atoms with Crippen LogP contribution in [0.2, 0.25) is 0 Å². The number of fused-ring (bicyclic) bond motifs is 1. The lowest BCUT2D eigenvalue weighted by Crippen LogP contribution is -2.09. The molecule has 0 saturated carbocycles. The molecule has 0 radical (unpaired) electrons. The van der Waals surface area contributed by atoms with Gasteiger partial charge in [-0.3, -0.25) is 4.79 Å². The van der Waals surface area contributed by atoms with Gasteiger partial charge >= 0.3 is 0 Å². The average Bonchev–Trinajstić information content (AvgIpc) is 2.77. The van der Waals surface area contributed by atoms with Crippen molar-refractivity contribution in [2.24, 2.45) is 0 Å². The van der Waals surface area contributed by atoms with E-state index in [9.17, 15) is 13.6 Å². The summed E-state index contributed by atoms with van der Waals surface area (Å²) in [5.41, 5.74) is 1.41. The highest BCUT2D eigenvalue weighted by Gasteiger charge is 2.12. The molecule has 2 rings (SSSR count). The lowest BCUT2D eigenvalue weighted by Gasteiger charge is -2.02. The molecule has 0 unspecified atom stereocenters. The van der Waals surface area contributed by atoms with E-state index in [1.165, 1.54) is 0 Å². The van der Waals surface area contributed by atoms with Crippen molar-refractivity contribution in [3.8, 4) is 0 Å². The predicted octanol–water partition coefficient (Wildman–Crippen LogP) is 3.78. The van der Waals surface area contributed by atoms with Crippen molar-refractivity contribution in [3.63, 3.8) is 0 Å². The number of Topliss-reactive ketones (excluding diaryl/α,β-unsaturated/α-hetero) is 1. The molecule has 102 valence electrons. The van der Waals surface area contributed by atoms with Gasteiger partial charge in [0.2, 0.25) is 0 Å². The van der Waals surface area contributed by atoms with E-state index < -0.39 is 13.0 Å². The molecule has 0 aliphatic carbocycles. The molecule has 0 aliphatic heterocycles.